The molecule has 2 aliphatic carbocycles. The summed E-state index contributed by atoms with van der Waals surface area (Å²) in [6, 6.07) is 43.2. The highest BCUT2D eigenvalue weighted by Crippen LogP contribution is 2.61. The van der Waals surface area contributed by atoms with Crippen LogP contribution in [-0.2, 0) is 10.8 Å². The molecule has 0 radical (unpaired) electrons. The minimum Gasteiger partial charge on any atom is -0.170 e. The van der Waals surface area contributed by atoms with Crippen LogP contribution in [0.5, 0.6) is 0 Å². The van der Waals surface area contributed by atoms with E-state index in [9.17, 15) is 26.3 Å². The van der Waals surface area contributed by atoms with Crippen LogP contribution in [0.1, 0.15) is 91.4 Å². The number of fused-ring (bicyclic) bond motifs is 2. The van der Waals surface area contributed by atoms with Crippen LogP contribution in [0.2, 0.25) is 0 Å². The fourth-order valence-electron chi connectivity index (χ4n) is 8.82. The lowest BCUT2D eigenvalue weighted by Gasteiger charge is -2.34. The van der Waals surface area contributed by atoms with Crippen molar-refractivity contribution in [1.29, 1.82) is 0 Å². The molecule has 0 amide bonds. The molecule has 0 bridgehead atoms. The highest BCUT2D eigenvalue weighted by Gasteiger charge is 2.63. The first-order chi connectivity index (χ1) is 25.7. The van der Waals surface area contributed by atoms with Gasteiger partial charge in [-0.3, -0.25) is 0 Å². The van der Waals surface area contributed by atoms with Crippen LogP contribution in [0.15, 0.2) is 146 Å². The van der Waals surface area contributed by atoms with Crippen molar-refractivity contribution in [2.45, 2.75) is 75.6 Å². The molecule has 0 nitrogen and oxygen atoms in total. The van der Waals surface area contributed by atoms with E-state index in [1.807, 2.05) is 88.4 Å². The average molecular weight is 733 g/mol. The van der Waals surface area contributed by atoms with Crippen LogP contribution >= 0.6 is 0 Å². The molecule has 276 valence electrons. The maximum atomic E-state index is 14.6. The second-order valence-electron chi connectivity index (χ2n) is 15.1. The summed E-state index contributed by atoms with van der Waals surface area (Å²) < 4.78 is 87.8. The van der Waals surface area contributed by atoms with Gasteiger partial charge in [-0.05, 0) is 85.0 Å². The smallest absolute Gasteiger partial charge is 0.170 e. The molecule has 0 aliphatic heterocycles. The van der Waals surface area contributed by atoms with Crippen LogP contribution < -0.4 is 0 Å². The zero-order valence-electron chi connectivity index (χ0n) is 30.7. The number of alkyl halides is 6. The molecule has 6 aromatic rings. The molecule has 8 rings (SSSR count). The Kier molecular flexibility index (Phi) is 9.62. The summed E-state index contributed by atoms with van der Waals surface area (Å²) in [7, 11) is 0. The second kappa shape index (κ2) is 14.0. The molecule has 2 aliphatic rings. The summed E-state index contributed by atoms with van der Waals surface area (Å²) in [5.41, 5.74) is 5.08. The van der Waals surface area contributed by atoms with Gasteiger partial charge in [0.05, 0.1) is 0 Å². The molecule has 4 atom stereocenters. The summed E-state index contributed by atoms with van der Waals surface area (Å²) in [5, 5.41) is 0. The predicted molar refractivity (Wildman–Crippen MR) is 204 cm³/mol. The van der Waals surface area contributed by atoms with E-state index in [2.05, 4.69) is 0 Å². The van der Waals surface area contributed by atoms with Gasteiger partial charge in [0.2, 0.25) is 0 Å². The molecule has 0 unspecified atom stereocenters. The molecule has 0 saturated heterocycles. The Morgan fingerprint density at radius 3 is 1.04 bits per heavy atom. The van der Waals surface area contributed by atoms with E-state index in [0.717, 1.165) is 44.5 Å². The summed E-state index contributed by atoms with van der Waals surface area (Å²) >= 11 is 0. The highest BCUT2D eigenvalue weighted by atomic mass is 19.4. The summed E-state index contributed by atoms with van der Waals surface area (Å²) in [6.45, 7) is 7.84. The first kappa shape index (κ1) is 37.2. The molecule has 0 N–H and O–H groups in total. The fourth-order valence-corrected chi connectivity index (χ4v) is 8.82. The van der Waals surface area contributed by atoms with Crippen LogP contribution in [0.4, 0.5) is 26.3 Å². The zero-order chi connectivity index (χ0) is 38.5. The van der Waals surface area contributed by atoms with E-state index in [4.69, 9.17) is 0 Å². The van der Waals surface area contributed by atoms with Gasteiger partial charge in [-0.2, -0.15) is 26.3 Å². The van der Waals surface area contributed by atoms with Crippen molar-refractivity contribution in [3.8, 4) is 0 Å². The lowest BCUT2D eigenvalue weighted by molar-refractivity contribution is -0.178. The third-order valence-electron chi connectivity index (χ3n) is 11.6. The Labute approximate surface area is 313 Å². The van der Waals surface area contributed by atoms with Gasteiger partial charge < -0.3 is 0 Å². The number of benzene rings is 6. The maximum Gasteiger partial charge on any atom is 0.402 e. The number of aryl methyl sites for hydroxylation is 4. The molecule has 54 heavy (non-hydrogen) atoms. The summed E-state index contributed by atoms with van der Waals surface area (Å²) in [4.78, 5) is 0. The summed E-state index contributed by atoms with van der Waals surface area (Å²) in [6.07, 6.45) is -8.75. The van der Waals surface area contributed by atoms with E-state index in [-0.39, 0.29) is 24.7 Å². The maximum absolute atomic E-state index is 14.6. The van der Waals surface area contributed by atoms with Crippen molar-refractivity contribution >= 4 is 0 Å². The Bertz CT molecular complexity index is 2070. The first-order valence-corrected chi connectivity index (χ1v) is 18.3. The molecule has 6 aromatic carbocycles. The molecular formula is C48H42F6. The van der Waals surface area contributed by atoms with Gasteiger partial charge in [0, 0.05) is 11.8 Å². The normalized spacial score (nSPS) is 21.9. The topological polar surface area (TPSA) is 0 Å². The summed E-state index contributed by atoms with van der Waals surface area (Å²) in [5.74, 6) is -0.551. The first-order valence-electron chi connectivity index (χ1n) is 18.3. The molecule has 0 heterocycles. The highest BCUT2D eigenvalue weighted by molar-refractivity contribution is 5.57. The second-order valence-corrected chi connectivity index (χ2v) is 15.1. The number of hydrogen-bond donors (Lipinski definition) is 0. The van der Waals surface area contributed by atoms with Crippen molar-refractivity contribution in [1.82, 2.24) is 0 Å². The monoisotopic (exact) mass is 732 g/mol. The fraction of sp³-hybridized carbons (Fsp3) is 0.250. The van der Waals surface area contributed by atoms with Crippen LogP contribution in [0.25, 0.3) is 0 Å². The molecule has 6 heteroatoms. The van der Waals surface area contributed by atoms with Gasteiger partial charge in [0.25, 0.3) is 0 Å². The molecule has 0 aromatic heterocycles. The number of halogens is 6. The third-order valence-corrected chi connectivity index (χ3v) is 11.6. The predicted octanol–water partition coefficient (Wildman–Crippen LogP) is 13.4. The van der Waals surface area contributed by atoms with Crippen LogP contribution in [0, 0.1) is 27.7 Å². The van der Waals surface area contributed by atoms with Crippen molar-refractivity contribution in [3.05, 3.63) is 212 Å². The van der Waals surface area contributed by atoms with Crippen LogP contribution in [0.3, 0.4) is 0 Å². The third kappa shape index (κ3) is 6.33. The molecule has 0 spiro atoms. The van der Waals surface area contributed by atoms with E-state index in [1.54, 1.807) is 84.9 Å². The molecule has 0 fully saturated rings. The Morgan fingerprint density at radius 1 is 0.407 bits per heavy atom. The lowest BCUT2D eigenvalue weighted by Crippen LogP contribution is -2.41. The van der Waals surface area contributed by atoms with Crippen molar-refractivity contribution in [2.75, 3.05) is 0 Å². The standard InChI is InChI=1S/2C24H21F3/c2*1-16-8-11-18(12-9-16)21-15-23(24(25,26)27,19-6-4-3-5-7-19)22-13-10-17(2)14-20(21)22/h2*3-14,21H,15H2,1-2H3/t2*21-,23+/m00/s1. The minimum atomic E-state index is -4.38. The Balaban J connectivity index is 0.000000167. The Morgan fingerprint density at radius 2 is 0.722 bits per heavy atom. The minimum absolute atomic E-state index is 0.00234. The van der Waals surface area contributed by atoms with E-state index in [1.165, 1.54) is 0 Å². The van der Waals surface area contributed by atoms with Gasteiger partial charge in [0.1, 0.15) is 10.8 Å². The van der Waals surface area contributed by atoms with Gasteiger partial charge in [-0.1, -0.05) is 168 Å². The van der Waals surface area contributed by atoms with E-state index < -0.39 is 23.2 Å². The quantitative estimate of drug-likeness (QED) is 0.158. The molecular weight excluding hydrogens is 691 g/mol. The van der Waals surface area contributed by atoms with Crippen molar-refractivity contribution in [3.63, 3.8) is 0 Å². The largest absolute Gasteiger partial charge is 0.402 e. The van der Waals surface area contributed by atoms with E-state index in [0.29, 0.717) is 22.3 Å². The van der Waals surface area contributed by atoms with Gasteiger partial charge >= 0.3 is 12.4 Å². The Hall–Kier alpha value is -5.10. The van der Waals surface area contributed by atoms with Crippen LogP contribution in [-0.4, -0.2) is 12.4 Å². The zero-order valence-corrected chi connectivity index (χ0v) is 30.7. The molecule has 0 saturated carbocycles. The van der Waals surface area contributed by atoms with Gasteiger partial charge in [-0.25, -0.2) is 0 Å². The number of hydrogen-bond acceptors (Lipinski definition) is 0. The average Bonchev–Trinajstić information content (AvgIpc) is 3.68. The number of rotatable bonds is 4. The SMILES string of the molecule is Cc1ccc([C@@H]2C[C@](c3ccccc3)(C(F)(F)F)c3ccc(C)cc32)cc1.Cc1ccc([C@@H]2C[C@](c3ccccc3)(C(F)(F)F)c3ccc(C)cc32)cc1. The van der Waals surface area contributed by atoms with Crippen molar-refractivity contribution in [2.24, 2.45) is 0 Å². The van der Waals surface area contributed by atoms with Crippen molar-refractivity contribution < 1.29 is 26.3 Å². The lowest BCUT2D eigenvalue weighted by atomic mass is 9.74. The van der Waals surface area contributed by atoms with Gasteiger partial charge in [-0.15, -0.1) is 0 Å². The van der Waals surface area contributed by atoms with E-state index >= 15 is 0 Å². The van der Waals surface area contributed by atoms with Gasteiger partial charge in [0.15, 0.2) is 0 Å².